The molecule has 19 heavy (non-hydrogen) atoms. The zero-order chi connectivity index (χ0) is 13.2. The number of nitrogens with zero attached hydrogens (tertiary/aromatic N) is 2. The minimum Gasteiger partial charge on any atom is -0.507 e. The van der Waals surface area contributed by atoms with Gasteiger partial charge in [0, 0.05) is 13.2 Å². The van der Waals surface area contributed by atoms with E-state index in [9.17, 15) is 5.11 Å². The Morgan fingerprint density at radius 1 is 1.26 bits per heavy atom. The first kappa shape index (κ1) is 12.2. The van der Waals surface area contributed by atoms with E-state index in [-0.39, 0.29) is 5.75 Å². The SMILES string of the molecule is COc1ncnc2cc(C3CCOCC3)cc(O)c12. The van der Waals surface area contributed by atoms with E-state index in [2.05, 4.69) is 9.97 Å². The highest BCUT2D eigenvalue weighted by Gasteiger charge is 2.19. The molecule has 1 aliphatic heterocycles. The van der Waals surface area contributed by atoms with E-state index in [0.29, 0.717) is 22.7 Å². The number of phenols is 1. The molecule has 1 N–H and O–H groups in total. The number of methoxy groups -OCH3 is 1. The fourth-order valence-corrected chi connectivity index (χ4v) is 2.58. The molecule has 0 bridgehead atoms. The van der Waals surface area contributed by atoms with Gasteiger partial charge in [0.2, 0.25) is 5.88 Å². The van der Waals surface area contributed by atoms with Gasteiger partial charge in [-0.3, -0.25) is 0 Å². The molecule has 3 rings (SSSR count). The van der Waals surface area contributed by atoms with E-state index in [1.165, 1.54) is 13.4 Å². The zero-order valence-electron chi connectivity index (χ0n) is 10.8. The highest BCUT2D eigenvalue weighted by Crippen LogP contribution is 2.36. The first-order valence-electron chi connectivity index (χ1n) is 6.39. The second-order valence-electron chi connectivity index (χ2n) is 4.70. The van der Waals surface area contributed by atoms with Gasteiger partial charge < -0.3 is 14.6 Å². The molecule has 2 aromatic rings. The van der Waals surface area contributed by atoms with Gasteiger partial charge in [-0.1, -0.05) is 0 Å². The van der Waals surface area contributed by atoms with Crippen molar-refractivity contribution in [2.24, 2.45) is 0 Å². The van der Waals surface area contributed by atoms with E-state index in [0.717, 1.165) is 31.6 Å². The molecule has 100 valence electrons. The Kier molecular flexibility index (Phi) is 3.21. The van der Waals surface area contributed by atoms with Crippen molar-refractivity contribution >= 4 is 10.9 Å². The molecule has 0 spiro atoms. The van der Waals surface area contributed by atoms with Crippen LogP contribution in [0.2, 0.25) is 0 Å². The first-order chi connectivity index (χ1) is 9.29. The summed E-state index contributed by atoms with van der Waals surface area (Å²) in [6.45, 7) is 1.55. The summed E-state index contributed by atoms with van der Waals surface area (Å²) in [4.78, 5) is 8.24. The number of hydrogen-bond donors (Lipinski definition) is 1. The average molecular weight is 260 g/mol. The van der Waals surface area contributed by atoms with Gasteiger partial charge in [0.15, 0.2) is 0 Å². The summed E-state index contributed by atoms with van der Waals surface area (Å²) < 4.78 is 10.5. The summed E-state index contributed by atoms with van der Waals surface area (Å²) in [5.74, 6) is 1.00. The fourth-order valence-electron chi connectivity index (χ4n) is 2.58. The molecule has 1 saturated heterocycles. The van der Waals surface area contributed by atoms with Gasteiger partial charge in [0.05, 0.1) is 12.6 Å². The van der Waals surface area contributed by atoms with Crippen LogP contribution >= 0.6 is 0 Å². The molecule has 5 nitrogen and oxygen atoms in total. The van der Waals surface area contributed by atoms with Crippen molar-refractivity contribution in [2.45, 2.75) is 18.8 Å². The van der Waals surface area contributed by atoms with E-state index >= 15 is 0 Å². The zero-order valence-corrected chi connectivity index (χ0v) is 10.8. The van der Waals surface area contributed by atoms with Crippen molar-refractivity contribution in [3.05, 3.63) is 24.0 Å². The molecule has 0 radical (unpaired) electrons. The van der Waals surface area contributed by atoms with Crippen LogP contribution < -0.4 is 4.74 Å². The normalized spacial score (nSPS) is 16.7. The van der Waals surface area contributed by atoms with Crippen LogP contribution in [0.15, 0.2) is 18.5 Å². The number of fused-ring (bicyclic) bond motifs is 1. The summed E-state index contributed by atoms with van der Waals surface area (Å²) in [7, 11) is 1.54. The van der Waals surface area contributed by atoms with Gasteiger partial charge in [0.25, 0.3) is 0 Å². The number of phenolic OH excluding ortho intramolecular Hbond substituents is 1. The number of hydrogen-bond acceptors (Lipinski definition) is 5. The van der Waals surface area contributed by atoms with Crippen molar-refractivity contribution in [3.8, 4) is 11.6 Å². The standard InChI is InChI=1S/C14H16N2O3/c1-18-14-13-11(15-8-16-14)6-10(7-12(13)17)9-2-4-19-5-3-9/h6-9,17H,2-5H2,1H3. The molecule has 0 atom stereocenters. The molecule has 1 aromatic carbocycles. The highest BCUT2D eigenvalue weighted by molar-refractivity contribution is 5.89. The third-order valence-corrected chi connectivity index (χ3v) is 3.59. The Morgan fingerprint density at radius 3 is 2.79 bits per heavy atom. The minimum atomic E-state index is 0.177. The first-order valence-corrected chi connectivity index (χ1v) is 6.39. The van der Waals surface area contributed by atoms with Gasteiger partial charge in [0.1, 0.15) is 17.5 Å². The number of aromatic nitrogens is 2. The summed E-state index contributed by atoms with van der Waals surface area (Å²) >= 11 is 0. The van der Waals surface area contributed by atoms with Gasteiger partial charge in [-0.2, -0.15) is 0 Å². The summed E-state index contributed by atoms with van der Waals surface area (Å²) in [5.41, 5.74) is 1.82. The maximum Gasteiger partial charge on any atom is 0.227 e. The lowest BCUT2D eigenvalue weighted by atomic mass is 9.91. The predicted molar refractivity (Wildman–Crippen MR) is 70.5 cm³/mol. The molecular weight excluding hydrogens is 244 g/mol. The van der Waals surface area contributed by atoms with Crippen LogP contribution in [0.5, 0.6) is 11.6 Å². The van der Waals surface area contributed by atoms with Crippen LogP contribution in [-0.4, -0.2) is 35.4 Å². The van der Waals surface area contributed by atoms with E-state index < -0.39 is 0 Å². The molecule has 0 saturated carbocycles. The van der Waals surface area contributed by atoms with Gasteiger partial charge in [-0.15, -0.1) is 0 Å². The number of benzene rings is 1. The molecule has 1 aliphatic rings. The third kappa shape index (κ3) is 2.21. The van der Waals surface area contributed by atoms with E-state index in [1.54, 1.807) is 6.07 Å². The number of aromatic hydroxyl groups is 1. The predicted octanol–water partition coefficient (Wildman–Crippen LogP) is 2.24. The number of rotatable bonds is 2. The smallest absolute Gasteiger partial charge is 0.227 e. The van der Waals surface area contributed by atoms with Gasteiger partial charge >= 0.3 is 0 Å². The van der Waals surface area contributed by atoms with Gasteiger partial charge in [-0.25, -0.2) is 9.97 Å². The van der Waals surface area contributed by atoms with E-state index in [1.807, 2.05) is 6.07 Å². The highest BCUT2D eigenvalue weighted by atomic mass is 16.5. The van der Waals surface area contributed by atoms with Gasteiger partial charge in [-0.05, 0) is 36.5 Å². The van der Waals surface area contributed by atoms with Crippen LogP contribution in [0.4, 0.5) is 0 Å². The molecular formula is C14H16N2O3. The Hall–Kier alpha value is -1.88. The van der Waals surface area contributed by atoms with Crippen LogP contribution in [0.3, 0.4) is 0 Å². The van der Waals surface area contributed by atoms with Crippen LogP contribution in [0.1, 0.15) is 24.3 Å². The van der Waals surface area contributed by atoms with Crippen molar-refractivity contribution in [1.82, 2.24) is 9.97 Å². The number of ether oxygens (including phenoxy) is 2. The quantitative estimate of drug-likeness (QED) is 0.897. The molecule has 2 heterocycles. The monoisotopic (exact) mass is 260 g/mol. The average Bonchev–Trinajstić information content (AvgIpc) is 2.47. The lowest BCUT2D eigenvalue weighted by Gasteiger charge is -2.22. The molecule has 5 heteroatoms. The van der Waals surface area contributed by atoms with Crippen molar-refractivity contribution in [2.75, 3.05) is 20.3 Å². The van der Waals surface area contributed by atoms with Crippen molar-refractivity contribution in [1.29, 1.82) is 0 Å². The minimum absolute atomic E-state index is 0.177. The molecule has 1 fully saturated rings. The van der Waals surface area contributed by atoms with Crippen LogP contribution in [0.25, 0.3) is 10.9 Å². The van der Waals surface area contributed by atoms with Crippen LogP contribution in [-0.2, 0) is 4.74 Å². The summed E-state index contributed by atoms with van der Waals surface area (Å²) in [6.07, 6.45) is 3.41. The second-order valence-corrected chi connectivity index (χ2v) is 4.70. The molecule has 0 unspecified atom stereocenters. The lowest BCUT2D eigenvalue weighted by molar-refractivity contribution is 0.0853. The lowest BCUT2D eigenvalue weighted by Crippen LogP contribution is -2.14. The Morgan fingerprint density at radius 2 is 2.05 bits per heavy atom. The van der Waals surface area contributed by atoms with E-state index in [4.69, 9.17) is 9.47 Å². The second kappa shape index (κ2) is 5.01. The fraction of sp³-hybridized carbons (Fsp3) is 0.429. The molecule has 1 aromatic heterocycles. The third-order valence-electron chi connectivity index (χ3n) is 3.59. The maximum absolute atomic E-state index is 10.2. The van der Waals surface area contributed by atoms with Crippen LogP contribution in [0, 0.1) is 0 Å². The molecule has 0 aliphatic carbocycles. The van der Waals surface area contributed by atoms with Crippen molar-refractivity contribution < 1.29 is 14.6 Å². The summed E-state index contributed by atoms with van der Waals surface area (Å²) in [5, 5.41) is 10.8. The largest absolute Gasteiger partial charge is 0.507 e. The molecule has 0 amide bonds. The topological polar surface area (TPSA) is 64.5 Å². The van der Waals surface area contributed by atoms with Crippen molar-refractivity contribution in [3.63, 3.8) is 0 Å². The maximum atomic E-state index is 10.2. The Bertz CT molecular complexity index is 595. The Balaban J connectivity index is 2.09. The summed E-state index contributed by atoms with van der Waals surface area (Å²) in [6, 6.07) is 3.80. The Labute approximate surface area is 111 Å².